The number of nitrogens with zero attached hydrogens (tertiary/aromatic N) is 1. The van der Waals surface area contributed by atoms with E-state index in [1.807, 2.05) is 31.2 Å². The molecule has 2 aromatic rings. The predicted molar refractivity (Wildman–Crippen MR) is 115 cm³/mol. The van der Waals surface area contributed by atoms with Crippen molar-refractivity contribution in [2.24, 2.45) is 0 Å². The first kappa shape index (κ1) is 21.3. The lowest BCUT2D eigenvalue weighted by Crippen LogP contribution is -2.45. The van der Waals surface area contributed by atoms with Crippen molar-refractivity contribution in [3.63, 3.8) is 0 Å². The van der Waals surface area contributed by atoms with Gasteiger partial charge in [0.15, 0.2) is 6.10 Å². The second-order valence-electron chi connectivity index (χ2n) is 7.88. The number of hydrogen-bond donors (Lipinski definition) is 2. The number of rotatable bonds is 5. The fraction of sp³-hybridized carbons (Fsp3) is 0.364. The molecule has 2 aliphatic rings. The average molecular weight is 444 g/mol. The van der Waals surface area contributed by atoms with Crippen molar-refractivity contribution in [2.45, 2.75) is 50.3 Å². The summed E-state index contributed by atoms with van der Waals surface area (Å²) in [5.41, 5.74) is 2.39. The number of amides is 2. The predicted octanol–water partition coefficient (Wildman–Crippen LogP) is 2.18. The zero-order chi connectivity index (χ0) is 22.2. The summed E-state index contributed by atoms with van der Waals surface area (Å²) in [6.45, 7) is 4.21. The van der Waals surface area contributed by atoms with Crippen LogP contribution in [0.1, 0.15) is 30.9 Å². The molecule has 0 aromatic heterocycles. The first-order chi connectivity index (χ1) is 14.8. The Kier molecular flexibility index (Phi) is 5.72. The van der Waals surface area contributed by atoms with E-state index < -0.39 is 22.2 Å². The Hall–Kier alpha value is -2.91. The Morgan fingerprint density at radius 2 is 1.97 bits per heavy atom. The van der Waals surface area contributed by atoms with Crippen LogP contribution in [0.3, 0.4) is 0 Å². The summed E-state index contributed by atoms with van der Waals surface area (Å²) in [4.78, 5) is 24.7. The normalized spacial score (nSPS) is 21.2. The molecule has 9 heteroatoms. The van der Waals surface area contributed by atoms with E-state index in [9.17, 15) is 18.0 Å². The molecule has 164 valence electrons. The molecule has 2 atom stereocenters. The molecule has 2 aromatic carbocycles. The Balaban J connectivity index is 1.51. The van der Waals surface area contributed by atoms with Crippen LogP contribution in [0.2, 0.25) is 0 Å². The van der Waals surface area contributed by atoms with Gasteiger partial charge in [-0.05, 0) is 50.5 Å². The lowest BCUT2D eigenvalue weighted by molar-refractivity contribution is -0.124. The minimum atomic E-state index is -3.92. The molecule has 2 aliphatic heterocycles. The molecule has 2 amide bonds. The van der Waals surface area contributed by atoms with E-state index in [0.29, 0.717) is 30.8 Å². The third-order valence-corrected chi connectivity index (χ3v) is 7.49. The maximum Gasteiger partial charge on any atom is 0.265 e. The minimum absolute atomic E-state index is 0.0166. The molecular formula is C22H25N3O5S. The molecule has 0 unspecified atom stereocenters. The van der Waals surface area contributed by atoms with Crippen LogP contribution in [0.5, 0.6) is 5.75 Å². The topological polar surface area (TPSA) is 105 Å². The number of benzene rings is 2. The summed E-state index contributed by atoms with van der Waals surface area (Å²) in [6.07, 6.45) is 0.418. The lowest BCUT2D eigenvalue weighted by atomic mass is 10.1. The van der Waals surface area contributed by atoms with Gasteiger partial charge in [-0.3, -0.25) is 9.59 Å². The molecule has 0 radical (unpaired) electrons. The van der Waals surface area contributed by atoms with Crippen molar-refractivity contribution >= 4 is 27.5 Å². The minimum Gasteiger partial charge on any atom is -0.479 e. The van der Waals surface area contributed by atoms with E-state index in [1.54, 1.807) is 6.92 Å². The van der Waals surface area contributed by atoms with E-state index in [-0.39, 0.29) is 23.3 Å². The Bertz CT molecular complexity index is 1110. The average Bonchev–Trinajstić information content (AvgIpc) is 3.24. The molecule has 4 rings (SSSR count). The highest BCUT2D eigenvalue weighted by Gasteiger charge is 2.40. The second-order valence-corrected chi connectivity index (χ2v) is 9.78. The first-order valence-corrected chi connectivity index (χ1v) is 11.7. The van der Waals surface area contributed by atoms with Gasteiger partial charge in [0, 0.05) is 13.1 Å². The smallest absolute Gasteiger partial charge is 0.265 e. The highest BCUT2D eigenvalue weighted by Crippen LogP contribution is 2.34. The summed E-state index contributed by atoms with van der Waals surface area (Å²) in [5.74, 6) is -0.235. The van der Waals surface area contributed by atoms with Crippen LogP contribution < -0.4 is 15.4 Å². The standard InChI is InChI=1S/C22H25N3O5S/c1-14-5-7-16(8-6-14)13-23-22(27)19-4-3-11-25(19)31(28,29)17-9-10-20-18(12-17)24-21(26)15(2)30-20/h5-10,12,15,19H,3-4,11,13H2,1-2H3,(H,23,27)(H,24,26)/t15-,19+/m0/s1. The van der Waals surface area contributed by atoms with Crippen LogP contribution >= 0.6 is 0 Å². The number of carbonyl (C=O) groups is 2. The highest BCUT2D eigenvalue weighted by molar-refractivity contribution is 7.89. The number of fused-ring (bicyclic) bond motifs is 1. The van der Waals surface area contributed by atoms with Crippen LogP contribution in [0.15, 0.2) is 47.4 Å². The highest BCUT2D eigenvalue weighted by atomic mass is 32.2. The summed E-state index contributed by atoms with van der Waals surface area (Å²) in [7, 11) is -3.92. The van der Waals surface area contributed by atoms with Gasteiger partial charge < -0.3 is 15.4 Å². The van der Waals surface area contributed by atoms with Gasteiger partial charge in [0.2, 0.25) is 15.9 Å². The van der Waals surface area contributed by atoms with Gasteiger partial charge in [0.1, 0.15) is 11.8 Å². The number of hydrogen-bond acceptors (Lipinski definition) is 5. The van der Waals surface area contributed by atoms with Crippen LogP contribution in [-0.2, 0) is 26.2 Å². The fourth-order valence-corrected chi connectivity index (χ4v) is 5.47. The molecular weight excluding hydrogens is 418 g/mol. The number of anilines is 1. The summed E-state index contributed by atoms with van der Waals surface area (Å²) in [6, 6.07) is 11.4. The molecule has 0 aliphatic carbocycles. The molecule has 1 fully saturated rings. The Morgan fingerprint density at radius 3 is 2.71 bits per heavy atom. The third kappa shape index (κ3) is 4.28. The van der Waals surface area contributed by atoms with Gasteiger partial charge in [-0.25, -0.2) is 8.42 Å². The number of sulfonamides is 1. The molecule has 0 bridgehead atoms. The van der Waals surface area contributed by atoms with E-state index in [4.69, 9.17) is 4.74 Å². The lowest BCUT2D eigenvalue weighted by Gasteiger charge is -2.26. The van der Waals surface area contributed by atoms with Crippen molar-refractivity contribution in [1.82, 2.24) is 9.62 Å². The third-order valence-electron chi connectivity index (χ3n) is 5.58. The van der Waals surface area contributed by atoms with Crippen LogP contribution in [0, 0.1) is 6.92 Å². The Labute approximate surface area is 181 Å². The quantitative estimate of drug-likeness (QED) is 0.737. The van der Waals surface area contributed by atoms with E-state index in [2.05, 4.69) is 10.6 Å². The zero-order valence-electron chi connectivity index (χ0n) is 17.4. The van der Waals surface area contributed by atoms with Gasteiger partial charge in [-0.2, -0.15) is 4.31 Å². The number of aryl methyl sites for hydroxylation is 1. The van der Waals surface area contributed by atoms with E-state index in [0.717, 1.165) is 11.1 Å². The second kappa shape index (κ2) is 8.32. The van der Waals surface area contributed by atoms with Crippen LogP contribution in [0.25, 0.3) is 0 Å². The van der Waals surface area contributed by atoms with Crippen LogP contribution in [-0.4, -0.2) is 43.2 Å². The van der Waals surface area contributed by atoms with Crippen molar-refractivity contribution in [3.05, 3.63) is 53.6 Å². The van der Waals surface area contributed by atoms with E-state index in [1.165, 1.54) is 22.5 Å². The maximum absolute atomic E-state index is 13.3. The molecule has 8 nitrogen and oxygen atoms in total. The van der Waals surface area contributed by atoms with Crippen LogP contribution in [0.4, 0.5) is 5.69 Å². The van der Waals surface area contributed by atoms with Crippen molar-refractivity contribution < 1.29 is 22.7 Å². The zero-order valence-corrected chi connectivity index (χ0v) is 18.2. The van der Waals surface area contributed by atoms with Gasteiger partial charge in [0.25, 0.3) is 5.91 Å². The summed E-state index contributed by atoms with van der Waals surface area (Å²) < 4.78 is 33.3. The molecule has 31 heavy (non-hydrogen) atoms. The molecule has 0 saturated carbocycles. The number of ether oxygens (including phenoxy) is 1. The summed E-state index contributed by atoms with van der Waals surface area (Å²) in [5, 5.41) is 5.52. The largest absolute Gasteiger partial charge is 0.479 e. The molecule has 0 spiro atoms. The molecule has 1 saturated heterocycles. The number of nitrogens with one attached hydrogen (secondary N) is 2. The fourth-order valence-electron chi connectivity index (χ4n) is 3.79. The van der Waals surface area contributed by atoms with Crippen molar-refractivity contribution in [3.8, 4) is 5.75 Å². The van der Waals surface area contributed by atoms with Gasteiger partial charge >= 0.3 is 0 Å². The van der Waals surface area contributed by atoms with Gasteiger partial charge in [-0.1, -0.05) is 29.8 Å². The van der Waals surface area contributed by atoms with Crippen molar-refractivity contribution in [1.29, 1.82) is 0 Å². The van der Waals surface area contributed by atoms with E-state index >= 15 is 0 Å². The van der Waals surface area contributed by atoms with Gasteiger partial charge in [-0.15, -0.1) is 0 Å². The Morgan fingerprint density at radius 1 is 1.23 bits per heavy atom. The SMILES string of the molecule is Cc1ccc(CNC(=O)[C@H]2CCCN2S(=O)(=O)c2ccc3c(c2)NC(=O)[C@H](C)O3)cc1. The maximum atomic E-state index is 13.3. The summed E-state index contributed by atoms with van der Waals surface area (Å²) >= 11 is 0. The monoisotopic (exact) mass is 443 g/mol. The first-order valence-electron chi connectivity index (χ1n) is 10.2. The molecule has 2 N–H and O–H groups in total. The van der Waals surface area contributed by atoms with Crippen molar-refractivity contribution in [2.75, 3.05) is 11.9 Å². The van der Waals surface area contributed by atoms with Gasteiger partial charge in [0.05, 0.1) is 10.6 Å². The number of carbonyl (C=O) groups excluding carboxylic acids is 2. The molecule has 2 heterocycles.